The molecule has 1 heterocycles. The highest BCUT2D eigenvalue weighted by molar-refractivity contribution is 7.91. The molecule has 0 unspecified atom stereocenters. The van der Waals surface area contributed by atoms with Gasteiger partial charge < -0.3 is 9.73 Å². The molecule has 22 heavy (non-hydrogen) atoms. The van der Waals surface area contributed by atoms with Gasteiger partial charge in [0.05, 0.1) is 22.3 Å². The van der Waals surface area contributed by atoms with Crippen LogP contribution in [0.15, 0.2) is 47.3 Å². The fourth-order valence-electron chi connectivity index (χ4n) is 1.77. The largest absolute Gasteiger partial charge is 0.472 e. The molecule has 2 aromatic rings. The molecule has 0 aliphatic carbocycles. The van der Waals surface area contributed by atoms with Gasteiger partial charge >= 0.3 is 0 Å². The SMILES string of the molecule is CC(C)(C)S(=O)(=O)Cc1cccc(NC(=O)c2ccoc2)c1. The summed E-state index contributed by atoms with van der Waals surface area (Å²) >= 11 is 0. The minimum Gasteiger partial charge on any atom is -0.472 e. The van der Waals surface area contributed by atoms with E-state index in [2.05, 4.69) is 5.32 Å². The molecule has 0 bridgehead atoms. The van der Waals surface area contributed by atoms with Gasteiger partial charge in [-0.3, -0.25) is 4.79 Å². The molecular weight excluding hydrogens is 302 g/mol. The smallest absolute Gasteiger partial charge is 0.258 e. The zero-order valence-corrected chi connectivity index (χ0v) is 13.6. The fraction of sp³-hybridized carbons (Fsp3) is 0.312. The lowest BCUT2D eigenvalue weighted by atomic mass is 10.2. The third-order valence-corrected chi connectivity index (χ3v) is 5.84. The maximum absolute atomic E-state index is 12.2. The molecule has 0 fully saturated rings. The number of anilines is 1. The summed E-state index contributed by atoms with van der Waals surface area (Å²) in [5, 5.41) is 2.72. The van der Waals surface area contributed by atoms with Crippen LogP contribution >= 0.6 is 0 Å². The molecule has 0 saturated heterocycles. The lowest BCUT2D eigenvalue weighted by Gasteiger charge is -2.19. The first kappa shape index (κ1) is 16.3. The molecule has 118 valence electrons. The molecule has 0 spiro atoms. The molecule has 6 heteroatoms. The van der Waals surface area contributed by atoms with Crippen LogP contribution in [0.25, 0.3) is 0 Å². The van der Waals surface area contributed by atoms with Crippen LogP contribution in [0.1, 0.15) is 36.7 Å². The Morgan fingerprint density at radius 3 is 2.55 bits per heavy atom. The maximum atomic E-state index is 12.2. The van der Waals surface area contributed by atoms with Gasteiger partial charge in [0, 0.05) is 5.69 Å². The lowest BCUT2D eigenvalue weighted by Crippen LogP contribution is -2.29. The number of carbonyl (C=O) groups is 1. The molecule has 0 aliphatic rings. The number of carbonyl (C=O) groups excluding carboxylic acids is 1. The van der Waals surface area contributed by atoms with Crippen molar-refractivity contribution in [3.05, 3.63) is 54.0 Å². The van der Waals surface area contributed by atoms with E-state index in [1.807, 2.05) is 0 Å². The van der Waals surface area contributed by atoms with E-state index in [0.717, 1.165) is 0 Å². The number of rotatable bonds is 4. The van der Waals surface area contributed by atoms with E-state index < -0.39 is 14.6 Å². The van der Waals surface area contributed by atoms with Crippen LogP contribution in [0.2, 0.25) is 0 Å². The van der Waals surface area contributed by atoms with E-state index in [0.29, 0.717) is 16.8 Å². The van der Waals surface area contributed by atoms with E-state index in [-0.39, 0.29) is 11.7 Å². The summed E-state index contributed by atoms with van der Waals surface area (Å²) in [6.07, 6.45) is 2.77. The van der Waals surface area contributed by atoms with Crippen LogP contribution in [0.4, 0.5) is 5.69 Å². The molecule has 2 rings (SSSR count). The summed E-state index contributed by atoms with van der Waals surface area (Å²) in [4.78, 5) is 11.9. The predicted molar refractivity (Wildman–Crippen MR) is 85.5 cm³/mol. The van der Waals surface area contributed by atoms with Crippen molar-refractivity contribution >= 4 is 21.4 Å². The minimum atomic E-state index is -3.27. The second-order valence-corrected chi connectivity index (χ2v) is 8.78. The second-order valence-electron chi connectivity index (χ2n) is 6.04. The molecule has 0 atom stereocenters. The Kier molecular flexibility index (Phi) is 4.42. The van der Waals surface area contributed by atoms with Crippen LogP contribution in [-0.2, 0) is 15.6 Å². The van der Waals surface area contributed by atoms with Crippen molar-refractivity contribution in [3.63, 3.8) is 0 Å². The Labute approximate surface area is 130 Å². The lowest BCUT2D eigenvalue weighted by molar-refractivity contribution is 0.102. The van der Waals surface area contributed by atoms with E-state index in [1.165, 1.54) is 12.5 Å². The number of benzene rings is 1. The van der Waals surface area contributed by atoms with Gasteiger partial charge in [-0.15, -0.1) is 0 Å². The van der Waals surface area contributed by atoms with Gasteiger partial charge in [0.1, 0.15) is 6.26 Å². The van der Waals surface area contributed by atoms with Gasteiger partial charge in [0.15, 0.2) is 9.84 Å². The van der Waals surface area contributed by atoms with Crippen molar-refractivity contribution in [2.45, 2.75) is 31.3 Å². The summed E-state index contributed by atoms with van der Waals surface area (Å²) in [5.74, 6) is -0.365. The van der Waals surface area contributed by atoms with Gasteiger partial charge in [-0.05, 0) is 44.5 Å². The minimum absolute atomic E-state index is 0.0636. The van der Waals surface area contributed by atoms with Crippen LogP contribution in [0.3, 0.4) is 0 Å². The molecular formula is C16H19NO4S. The molecule has 5 nitrogen and oxygen atoms in total. The highest BCUT2D eigenvalue weighted by Crippen LogP contribution is 2.22. The predicted octanol–water partition coefficient (Wildman–Crippen LogP) is 3.25. The average Bonchev–Trinajstić information content (AvgIpc) is 2.91. The van der Waals surface area contributed by atoms with Gasteiger partial charge in [0.25, 0.3) is 5.91 Å². The van der Waals surface area contributed by atoms with Crippen LogP contribution in [-0.4, -0.2) is 19.1 Å². The van der Waals surface area contributed by atoms with Crippen molar-refractivity contribution in [2.24, 2.45) is 0 Å². The molecule has 0 saturated carbocycles. The van der Waals surface area contributed by atoms with Gasteiger partial charge in [-0.1, -0.05) is 12.1 Å². The highest BCUT2D eigenvalue weighted by Gasteiger charge is 2.29. The number of hydrogen-bond acceptors (Lipinski definition) is 4. The van der Waals surface area contributed by atoms with E-state index in [4.69, 9.17) is 4.42 Å². The van der Waals surface area contributed by atoms with Crippen LogP contribution in [0.5, 0.6) is 0 Å². The van der Waals surface area contributed by atoms with E-state index in [9.17, 15) is 13.2 Å². The van der Waals surface area contributed by atoms with E-state index >= 15 is 0 Å². The fourth-order valence-corrected chi connectivity index (χ4v) is 2.82. The highest BCUT2D eigenvalue weighted by atomic mass is 32.2. The van der Waals surface area contributed by atoms with E-state index in [1.54, 1.807) is 51.1 Å². The summed E-state index contributed by atoms with van der Waals surface area (Å²) < 4.78 is 28.5. The Hall–Kier alpha value is -2.08. The quantitative estimate of drug-likeness (QED) is 0.938. The molecule has 1 N–H and O–H groups in total. The zero-order valence-electron chi connectivity index (χ0n) is 12.8. The standard InChI is InChI=1S/C16H19NO4S/c1-16(2,3)22(19,20)11-12-5-4-6-14(9-12)17-15(18)13-7-8-21-10-13/h4-10H,11H2,1-3H3,(H,17,18). The van der Waals surface area contributed by atoms with Gasteiger partial charge in [-0.2, -0.15) is 0 Å². The molecule has 0 aliphatic heterocycles. The monoisotopic (exact) mass is 321 g/mol. The Balaban J connectivity index is 2.16. The Bertz CT molecular complexity index is 756. The van der Waals surface area contributed by atoms with Crippen LogP contribution in [0, 0.1) is 0 Å². The molecule has 1 aromatic heterocycles. The van der Waals surface area contributed by atoms with Crippen molar-refractivity contribution in [1.29, 1.82) is 0 Å². The topological polar surface area (TPSA) is 76.4 Å². The number of nitrogens with one attached hydrogen (secondary N) is 1. The number of amides is 1. The maximum Gasteiger partial charge on any atom is 0.258 e. The molecule has 1 amide bonds. The molecule has 1 aromatic carbocycles. The summed E-state index contributed by atoms with van der Waals surface area (Å²) in [6.45, 7) is 5.02. The summed E-state index contributed by atoms with van der Waals surface area (Å²) in [5.41, 5.74) is 1.60. The average molecular weight is 321 g/mol. The second kappa shape index (κ2) is 5.96. The number of furan rings is 1. The van der Waals surface area contributed by atoms with Crippen molar-refractivity contribution in [2.75, 3.05) is 5.32 Å². The Morgan fingerprint density at radius 1 is 1.23 bits per heavy atom. The van der Waals surface area contributed by atoms with Crippen molar-refractivity contribution in [1.82, 2.24) is 0 Å². The first-order valence-electron chi connectivity index (χ1n) is 6.84. The van der Waals surface area contributed by atoms with Crippen molar-refractivity contribution in [3.8, 4) is 0 Å². The molecule has 0 radical (unpaired) electrons. The normalized spacial score (nSPS) is 12.1. The number of hydrogen-bond donors (Lipinski definition) is 1. The summed E-state index contributed by atoms with van der Waals surface area (Å²) in [6, 6.07) is 8.39. The summed E-state index contributed by atoms with van der Waals surface area (Å²) in [7, 11) is -3.27. The zero-order chi connectivity index (χ0) is 16.4. The first-order valence-corrected chi connectivity index (χ1v) is 8.49. The van der Waals surface area contributed by atoms with Crippen LogP contribution < -0.4 is 5.32 Å². The van der Waals surface area contributed by atoms with Gasteiger partial charge in [-0.25, -0.2) is 8.42 Å². The van der Waals surface area contributed by atoms with Gasteiger partial charge in [0.2, 0.25) is 0 Å². The third kappa shape index (κ3) is 3.76. The third-order valence-electron chi connectivity index (χ3n) is 3.26. The van der Waals surface area contributed by atoms with Crippen molar-refractivity contribution < 1.29 is 17.6 Å². The Morgan fingerprint density at radius 2 is 1.95 bits per heavy atom. The number of sulfone groups is 1. The first-order chi connectivity index (χ1) is 10.2.